The zero-order valence-corrected chi connectivity index (χ0v) is 15.0. The molecule has 4 nitrogen and oxygen atoms in total. The first-order valence-electron chi connectivity index (χ1n) is 7.95. The third kappa shape index (κ3) is 4.38. The van der Waals surface area contributed by atoms with Crippen LogP contribution in [0.1, 0.15) is 16.7 Å². The second-order valence-electron chi connectivity index (χ2n) is 6.23. The van der Waals surface area contributed by atoms with Crippen molar-refractivity contribution in [1.29, 1.82) is 0 Å². The predicted octanol–water partition coefficient (Wildman–Crippen LogP) is 5.79. The van der Waals surface area contributed by atoms with Crippen LogP contribution in [0.25, 0.3) is 0 Å². The first-order chi connectivity index (χ1) is 13.2. The van der Waals surface area contributed by atoms with Gasteiger partial charge in [-0.25, -0.2) is 9.18 Å². The molecule has 0 atom stereocenters. The van der Waals surface area contributed by atoms with Crippen molar-refractivity contribution < 1.29 is 40.3 Å². The highest BCUT2D eigenvalue weighted by Gasteiger charge is 2.73. The van der Waals surface area contributed by atoms with E-state index in [0.29, 0.717) is 17.8 Å². The van der Waals surface area contributed by atoms with E-state index < -0.39 is 29.7 Å². The maximum Gasteiger partial charge on any atom is 0.435 e. The molecule has 0 saturated carbocycles. The van der Waals surface area contributed by atoms with E-state index in [1.807, 2.05) is 0 Å². The number of carbonyl (C=O) groups excluding carboxylic acids is 1. The SMILES string of the molecule is Cc1cc(C(F)(C(F)(F)F)C(F)(F)F)cc(C)c1OC(=O)Nc1cccc(N)c1. The molecule has 3 N–H and O–H groups in total. The summed E-state index contributed by atoms with van der Waals surface area (Å²) in [5.74, 6) is -0.304. The van der Waals surface area contributed by atoms with Gasteiger partial charge < -0.3 is 10.5 Å². The highest BCUT2D eigenvalue weighted by Crippen LogP contribution is 2.53. The Labute approximate surface area is 160 Å². The average Bonchev–Trinajstić information content (AvgIpc) is 2.55. The minimum atomic E-state index is -6.24. The van der Waals surface area contributed by atoms with E-state index in [1.54, 1.807) is 6.07 Å². The summed E-state index contributed by atoms with van der Waals surface area (Å²) < 4.78 is 96.8. The van der Waals surface area contributed by atoms with E-state index in [-0.39, 0.29) is 22.6 Å². The summed E-state index contributed by atoms with van der Waals surface area (Å²) in [6, 6.07) is 6.65. The average molecular weight is 424 g/mol. The van der Waals surface area contributed by atoms with Crippen molar-refractivity contribution in [1.82, 2.24) is 0 Å². The zero-order chi connectivity index (χ0) is 22.2. The Balaban J connectivity index is 2.37. The lowest BCUT2D eigenvalue weighted by Crippen LogP contribution is -2.50. The summed E-state index contributed by atoms with van der Waals surface area (Å²) in [5.41, 5.74) is -1.68. The molecule has 2 rings (SSSR count). The number of ether oxygens (including phenoxy) is 1. The number of hydrogen-bond donors (Lipinski definition) is 2. The molecule has 0 aromatic heterocycles. The summed E-state index contributed by atoms with van der Waals surface area (Å²) in [6.45, 7) is 2.18. The van der Waals surface area contributed by atoms with Gasteiger partial charge in [0.1, 0.15) is 5.75 Å². The van der Waals surface area contributed by atoms with Crippen molar-refractivity contribution in [2.24, 2.45) is 0 Å². The van der Waals surface area contributed by atoms with Gasteiger partial charge in [-0.2, -0.15) is 26.3 Å². The molecule has 0 aliphatic carbocycles. The molecule has 2 aromatic carbocycles. The van der Waals surface area contributed by atoms with Gasteiger partial charge in [0.2, 0.25) is 0 Å². The van der Waals surface area contributed by atoms with Crippen LogP contribution in [-0.2, 0) is 5.67 Å². The molecular weight excluding hydrogens is 409 g/mol. The number of carbonyl (C=O) groups is 1. The molecule has 0 aliphatic heterocycles. The molecule has 1 amide bonds. The highest BCUT2D eigenvalue weighted by atomic mass is 19.4. The number of nitrogen functional groups attached to an aromatic ring is 1. The topological polar surface area (TPSA) is 64.3 Å². The number of nitrogens with one attached hydrogen (secondary N) is 1. The number of halogens is 7. The predicted molar refractivity (Wildman–Crippen MR) is 91.3 cm³/mol. The molecule has 0 fully saturated rings. The van der Waals surface area contributed by atoms with Gasteiger partial charge in [-0.05, 0) is 55.3 Å². The molecule has 0 unspecified atom stereocenters. The lowest BCUT2D eigenvalue weighted by molar-refractivity contribution is -0.348. The molecule has 29 heavy (non-hydrogen) atoms. The minimum absolute atomic E-state index is 0.249. The fourth-order valence-corrected chi connectivity index (χ4v) is 2.65. The largest absolute Gasteiger partial charge is 0.435 e. The fourth-order valence-electron chi connectivity index (χ4n) is 2.65. The monoisotopic (exact) mass is 424 g/mol. The number of rotatable bonds is 3. The van der Waals surface area contributed by atoms with E-state index in [1.165, 1.54) is 18.2 Å². The summed E-state index contributed by atoms with van der Waals surface area (Å²) in [6.07, 6.45) is -13.5. The van der Waals surface area contributed by atoms with Crippen molar-refractivity contribution in [2.45, 2.75) is 31.9 Å². The number of alkyl halides is 7. The number of anilines is 2. The third-order valence-electron chi connectivity index (χ3n) is 3.97. The summed E-state index contributed by atoms with van der Waals surface area (Å²) in [4.78, 5) is 12.0. The molecule has 158 valence electrons. The van der Waals surface area contributed by atoms with E-state index in [2.05, 4.69) is 5.32 Å². The summed E-state index contributed by atoms with van der Waals surface area (Å²) in [5, 5.41) is 2.30. The molecular formula is C18H15F7N2O2. The Bertz CT molecular complexity index is 886. The van der Waals surface area contributed by atoms with Gasteiger partial charge >= 0.3 is 24.1 Å². The van der Waals surface area contributed by atoms with E-state index >= 15 is 0 Å². The Hall–Kier alpha value is -2.98. The van der Waals surface area contributed by atoms with Gasteiger partial charge in [0, 0.05) is 16.9 Å². The van der Waals surface area contributed by atoms with E-state index in [4.69, 9.17) is 10.5 Å². The van der Waals surface area contributed by atoms with Crippen molar-refractivity contribution in [3.63, 3.8) is 0 Å². The van der Waals surface area contributed by atoms with Gasteiger partial charge in [0.05, 0.1) is 0 Å². The van der Waals surface area contributed by atoms with Crippen molar-refractivity contribution in [3.8, 4) is 5.75 Å². The quantitative estimate of drug-likeness (QED) is 0.485. The van der Waals surface area contributed by atoms with Gasteiger partial charge in [0.15, 0.2) is 0 Å². The Morgan fingerprint density at radius 1 is 0.931 bits per heavy atom. The van der Waals surface area contributed by atoms with E-state index in [0.717, 1.165) is 13.8 Å². The molecule has 11 heteroatoms. The van der Waals surface area contributed by atoms with Gasteiger partial charge in [-0.15, -0.1) is 0 Å². The van der Waals surface area contributed by atoms with Crippen molar-refractivity contribution in [3.05, 3.63) is 53.1 Å². The fraction of sp³-hybridized carbons (Fsp3) is 0.278. The van der Waals surface area contributed by atoms with Gasteiger partial charge in [0.25, 0.3) is 0 Å². The van der Waals surface area contributed by atoms with Crippen LogP contribution in [0, 0.1) is 13.8 Å². The molecule has 0 spiro atoms. The Morgan fingerprint density at radius 3 is 1.90 bits per heavy atom. The molecule has 0 bridgehead atoms. The summed E-state index contributed by atoms with van der Waals surface area (Å²) >= 11 is 0. The first-order valence-corrected chi connectivity index (χ1v) is 7.95. The second-order valence-corrected chi connectivity index (χ2v) is 6.23. The van der Waals surface area contributed by atoms with Crippen molar-refractivity contribution >= 4 is 17.5 Å². The third-order valence-corrected chi connectivity index (χ3v) is 3.97. The highest BCUT2D eigenvalue weighted by molar-refractivity contribution is 5.87. The first kappa shape index (κ1) is 22.3. The molecule has 0 radical (unpaired) electrons. The molecule has 0 aliphatic rings. The number of amides is 1. The minimum Gasteiger partial charge on any atom is -0.410 e. The number of benzene rings is 2. The maximum absolute atomic E-state index is 14.2. The maximum atomic E-state index is 14.2. The van der Waals surface area contributed by atoms with Crippen LogP contribution in [-0.4, -0.2) is 18.4 Å². The standard InChI is InChI=1S/C18H15F7N2O2/c1-9-6-11(16(19,17(20,21)22)18(23,24)25)7-10(2)14(9)29-15(28)27-13-5-3-4-12(26)8-13/h3-8H,26H2,1-2H3,(H,27,28). The van der Waals surface area contributed by atoms with Crippen molar-refractivity contribution in [2.75, 3.05) is 11.1 Å². The molecule has 0 saturated heterocycles. The number of aryl methyl sites for hydroxylation is 2. The van der Waals surface area contributed by atoms with E-state index in [9.17, 15) is 35.5 Å². The van der Waals surface area contributed by atoms with Crippen LogP contribution < -0.4 is 15.8 Å². The number of hydrogen-bond acceptors (Lipinski definition) is 3. The van der Waals surface area contributed by atoms with Crippen LogP contribution in [0.3, 0.4) is 0 Å². The van der Waals surface area contributed by atoms with Gasteiger partial charge in [-0.1, -0.05) is 6.07 Å². The van der Waals surface area contributed by atoms with Crippen LogP contribution in [0.2, 0.25) is 0 Å². The van der Waals surface area contributed by atoms with Gasteiger partial charge in [-0.3, -0.25) is 5.32 Å². The molecule has 0 heterocycles. The normalized spacial score (nSPS) is 12.6. The van der Waals surface area contributed by atoms with Crippen LogP contribution >= 0.6 is 0 Å². The Morgan fingerprint density at radius 2 is 1.45 bits per heavy atom. The smallest absolute Gasteiger partial charge is 0.410 e. The second kappa shape index (κ2) is 7.45. The Kier molecular flexibility index (Phi) is 5.73. The summed E-state index contributed by atoms with van der Waals surface area (Å²) in [7, 11) is 0. The number of nitrogens with two attached hydrogens (primary N) is 1. The zero-order valence-electron chi connectivity index (χ0n) is 15.0. The van der Waals surface area contributed by atoms with Crippen LogP contribution in [0.5, 0.6) is 5.75 Å². The lowest BCUT2D eigenvalue weighted by Gasteiger charge is -2.31. The van der Waals surface area contributed by atoms with Crippen LogP contribution in [0.4, 0.5) is 46.9 Å². The lowest BCUT2D eigenvalue weighted by atomic mass is 9.91. The molecule has 2 aromatic rings. The van der Waals surface area contributed by atoms with Crippen LogP contribution in [0.15, 0.2) is 36.4 Å².